The van der Waals surface area contributed by atoms with Gasteiger partial charge in [0, 0.05) is 30.4 Å². The molecule has 0 N–H and O–H groups in total. The zero-order valence-electron chi connectivity index (χ0n) is 17.2. The monoisotopic (exact) mass is 485 g/mol. The molecule has 32 heavy (non-hydrogen) atoms. The van der Waals surface area contributed by atoms with Crippen LogP contribution in [0.4, 0.5) is 0 Å². The van der Waals surface area contributed by atoms with Crippen molar-refractivity contribution in [3.8, 4) is 16.3 Å². The highest BCUT2D eigenvalue weighted by Gasteiger charge is 2.23. The lowest BCUT2D eigenvalue weighted by Crippen LogP contribution is -2.32. The van der Waals surface area contributed by atoms with Gasteiger partial charge in [0.1, 0.15) is 11.4 Å². The summed E-state index contributed by atoms with van der Waals surface area (Å²) in [6, 6.07) is 19.4. The minimum absolute atomic E-state index is 0.0693. The van der Waals surface area contributed by atoms with E-state index in [1.165, 1.54) is 29.2 Å². The third kappa shape index (κ3) is 4.93. The van der Waals surface area contributed by atoms with Gasteiger partial charge in [-0.3, -0.25) is 4.79 Å². The summed E-state index contributed by atoms with van der Waals surface area (Å²) in [5, 5.41) is 7.12. The molecule has 0 saturated heterocycles. The summed E-state index contributed by atoms with van der Waals surface area (Å²) < 4.78 is 27.1. The molecule has 0 aliphatic carbocycles. The molecule has 4 aromatic rings. The molecule has 0 aliphatic rings. The zero-order valence-corrected chi connectivity index (χ0v) is 19.6. The van der Waals surface area contributed by atoms with Gasteiger partial charge in [0.05, 0.1) is 15.5 Å². The van der Waals surface area contributed by atoms with E-state index in [1.807, 2.05) is 54.0 Å². The molecule has 0 fully saturated rings. The molecule has 9 heteroatoms. The van der Waals surface area contributed by atoms with Crippen LogP contribution in [0.5, 0.6) is 0 Å². The number of nitrogens with zero attached hydrogens (tertiary/aromatic N) is 3. The Morgan fingerprint density at radius 1 is 1.06 bits per heavy atom. The summed E-state index contributed by atoms with van der Waals surface area (Å²) in [5.74, 6) is -1.11. The van der Waals surface area contributed by atoms with Crippen molar-refractivity contribution in [1.82, 2.24) is 14.7 Å². The van der Waals surface area contributed by atoms with Crippen molar-refractivity contribution in [2.24, 2.45) is 0 Å². The van der Waals surface area contributed by atoms with Crippen molar-refractivity contribution in [3.05, 3.63) is 88.9 Å². The van der Waals surface area contributed by atoms with E-state index in [2.05, 4.69) is 0 Å². The molecule has 0 atom stereocenters. The highest BCUT2D eigenvalue weighted by molar-refractivity contribution is 7.92. The molecule has 0 saturated carbocycles. The average Bonchev–Trinajstić information content (AvgIpc) is 3.44. The topological polar surface area (TPSA) is 72.3 Å². The smallest absolute Gasteiger partial charge is 0.238 e. The number of amides is 1. The maximum absolute atomic E-state index is 12.8. The minimum atomic E-state index is -3.77. The van der Waals surface area contributed by atoms with Gasteiger partial charge in [-0.15, -0.1) is 11.3 Å². The van der Waals surface area contributed by atoms with E-state index in [-0.39, 0.29) is 11.4 Å². The Hall–Kier alpha value is -2.94. The summed E-state index contributed by atoms with van der Waals surface area (Å²) >= 11 is 7.39. The Labute approximate surface area is 195 Å². The lowest BCUT2D eigenvalue weighted by atomic mass is 10.2. The SMILES string of the molecule is CN(Cc1cn(-c2ccccc2)nc1-c1cccs1)C(=O)CS(=O)(=O)c1ccc(Cl)cc1. The predicted molar refractivity (Wildman–Crippen MR) is 127 cm³/mol. The summed E-state index contributed by atoms with van der Waals surface area (Å²) in [7, 11) is -2.18. The Bertz CT molecular complexity index is 1320. The Morgan fingerprint density at radius 3 is 2.44 bits per heavy atom. The molecule has 1 amide bonds. The van der Waals surface area contributed by atoms with Crippen LogP contribution in [0.2, 0.25) is 5.02 Å². The summed E-state index contributed by atoms with van der Waals surface area (Å²) in [5.41, 5.74) is 2.50. The van der Waals surface area contributed by atoms with Crippen LogP contribution in [0.15, 0.2) is 83.2 Å². The van der Waals surface area contributed by atoms with Crippen molar-refractivity contribution >= 4 is 38.7 Å². The van der Waals surface area contributed by atoms with E-state index in [0.717, 1.165) is 21.8 Å². The fraction of sp³-hybridized carbons (Fsp3) is 0.130. The highest BCUT2D eigenvalue weighted by atomic mass is 35.5. The van der Waals surface area contributed by atoms with Gasteiger partial charge in [-0.2, -0.15) is 5.10 Å². The largest absolute Gasteiger partial charge is 0.340 e. The Morgan fingerprint density at radius 2 is 1.78 bits per heavy atom. The fourth-order valence-corrected chi connectivity index (χ4v) is 5.33. The van der Waals surface area contributed by atoms with Gasteiger partial charge in [0.15, 0.2) is 9.84 Å². The fourth-order valence-electron chi connectivity index (χ4n) is 3.20. The van der Waals surface area contributed by atoms with Crippen molar-refractivity contribution in [3.63, 3.8) is 0 Å². The Kier molecular flexibility index (Phi) is 6.45. The first-order valence-electron chi connectivity index (χ1n) is 9.73. The number of sulfone groups is 1. The molecule has 6 nitrogen and oxygen atoms in total. The maximum Gasteiger partial charge on any atom is 0.238 e. The molecule has 0 spiro atoms. The zero-order chi connectivity index (χ0) is 22.7. The number of hydrogen-bond acceptors (Lipinski definition) is 5. The predicted octanol–water partition coefficient (Wildman–Crippen LogP) is 4.69. The summed E-state index contributed by atoms with van der Waals surface area (Å²) in [6.07, 6.45) is 1.88. The molecule has 0 bridgehead atoms. The number of hydrogen-bond donors (Lipinski definition) is 0. The number of halogens is 1. The van der Waals surface area contributed by atoms with Crippen LogP contribution < -0.4 is 0 Å². The molecule has 164 valence electrons. The maximum atomic E-state index is 12.8. The number of aromatic nitrogens is 2. The molecule has 2 heterocycles. The first-order chi connectivity index (χ1) is 15.3. The van der Waals surface area contributed by atoms with E-state index in [1.54, 1.807) is 23.1 Å². The molecule has 4 rings (SSSR count). The second kappa shape index (κ2) is 9.28. The molecule has 0 radical (unpaired) electrons. The van der Waals surface area contributed by atoms with Crippen LogP contribution in [0.25, 0.3) is 16.3 Å². The van der Waals surface area contributed by atoms with Crippen LogP contribution >= 0.6 is 22.9 Å². The van der Waals surface area contributed by atoms with Crippen molar-refractivity contribution in [2.45, 2.75) is 11.4 Å². The van der Waals surface area contributed by atoms with E-state index < -0.39 is 21.5 Å². The van der Waals surface area contributed by atoms with Gasteiger partial charge in [0.2, 0.25) is 5.91 Å². The first-order valence-corrected chi connectivity index (χ1v) is 12.6. The summed E-state index contributed by atoms with van der Waals surface area (Å²) in [6.45, 7) is 0.231. The Balaban J connectivity index is 1.57. The van der Waals surface area contributed by atoms with Crippen LogP contribution in [0.1, 0.15) is 5.56 Å². The van der Waals surface area contributed by atoms with Gasteiger partial charge in [-0.1, -0.05) is 35.9 Å². The third-order valence-corrected chi connectivity index (χ3v) is 7.63. The van der Waals surface area contributed by atoms with Gasteiger partial charge in [-0.05, 0) is 47.8 Å². The van der Waals surface area contributed by atoms with Crippen molar-refractivity contribution in [2.75, 3.05) is 12.8 Å². The molecule has 0 aliphatic heterocycles. The molecular weight excluding hydrogens is 466 g/mol. The molecule has 2 aromatic heterocycles. The van der Waals surface area contributed by atoms with E-state index in [9.17, 15) is 13.2 Å². The number of benzene rings is 2. The third-order valence-electron chi connectivity index (χ3n) is 4.88. The average molecular weight is 486 g/mol. The second-order valence-electron chi connectivity index (χ2n) is 7.22. The van der Waals surface area contributed by atoms with Gasteiger partial charge < -0.3 is 4.90 Å². The van der Waals surface area contributed by atoms with Crippen LogP contribution in [-0.2, 0) is 21.2 Å². The van der Waals surface area contributed by atoms with E-state index in [0.29, 0.717) is 5.02 Å². The number of para-hydroxylation sites is 1. The van der Waals surface area contributed by atoms with Gasteiger partial charge in [-0.25, -0.2) is 13.1 Å². The minimum Gasteiger partial charge on any atom is -0.340 e. The van der Waals surface area contributed by atoms with Crippen molar-refractivity contribution in [1.29, 1.82) is 0 Å². The lowest BCUT2D eigenvalue weighted by molar-refractivity contribution is -0.127. The molecule has 2 aromatic carbocycles. The van der Waals surface area contributed by atoms with E-state index >= 15 is 0 Å². The lowest BCUT2D eigenvalue weighted by Gasteiger charge is -2.17. The first kappa shape index (κ1) is 22.3. The number of carbonyl (C=O) groups is 1. The molecule has 0 unspecified atom stereocenters. The highest BCUT2D eigenvalue weighted by Crippen LogP contribution is 2.28. The number of rotatable bonds is 7. The quantitative estimate of drug-likeness (QED) is 0.381. The standard InChI is InChI=1S/C23H20ClN3O3S2/c1-26(22(28)16-32(29,30)20-11-9-18(24)10-12-20)14-17-15-27(19-6-3-2-4-7-19)25-23(17)21-8-5-13-31-21/h2-13,15H,14,16H2,1H3. The van der Waals surface area contributed by atoms with Crippen LogP contribution in [-0.4, -0.2) is 41.8 Å². The van der Waals surface area contributed by atoms with Crippen molar-refractivity contribution < 1.29 is 13.2 Å². The number of carbonyl (C=O) groups excluding carboxylic acids is 1. The number of thiophene rings is 1. The van der Waals surface area contributed by atoms with Gasteiger partial charge in [0.25, 0.3) is 0 Å². The van der Waals surface area contributed by atoms with Crippen LogP contribution in [0.3, 0.4) is 0 Å². The summed E-state index contributed by atoms with van der Waals surface area (Å²) in [4.78, 5) is 15.2. The normalized spacial score (nSPS) is 11.4. The molecular formula is C23H20ClN3O3S2. The van der Waals surface area contributed by atoms with Gasteiger partial charge >= 0.3 is 0 Å². The van der Waals surface area contributed by atoms with E-state index in [4.69, 9.17) is 16.7 Å². The second-order valence-corrected chi connectivity index (χ2v) is 10.6. The van der Waals surface area contributed by atoms with Crippen LogP contribution in [0, 0.1) is 0 Å².